The van der Waals surface area contributed by atoms with E-state index in [0.717, 1.165) is 17.9 Å². The standard InChI is InChI=1S/C27H31NO2/c1-5-26(21-8-6-20(2)7-9-21)27(22-10-14-24(29)15-11-22)23-12-16-25(17-13-23)30-19-18-28(3)4/h5-17,27,29H,18-19H2,1-4H3/b26-5+. The van der Waals surface area contributed by atoms with Crippen molar-refractivity contribution in [3.63, 3.8) is 0 Å². The van der Waals surface area contributed by atoms with Crippen molar-refractivity contribution >= 4 is 5.57 Å². The predicted octanol–water partition coefficient (Wildman–Crippen LogP) is 5.88. The van der Waals surface area contributed by atoms with E-state index in [1.165, 1.54) is 22.3 Å². The van der Waals surface area contributed by atoms with E-state index in [4.69, 9.17) is 4.74 Å². The first kappa shape index (κ1) is 21.7. The van der Waals surface area contributed by atoms with Crippen LogP contribution in [0, 0.1) is 6.92 Å². The maximum Gasteiger partial charge on any atom is 0.119 e. The average molecular weight is 402 g/mol. The molecule has 1 N–H and O–H groups in total. The van der Waals surface area contributed by atoms with Crippen LogP contribution in [0.1, 0.15) is 35.1 Å². The number of aromatic hydroxyl groups is 1. The Morgan fingerprint density at radius 2 is 1.47 bits per heavy atom. The topological polar surface area (TPSA) is 32.7 Å². The van der Waals surface area contributed by atoms with E-state index in [1.54, 1.807) is 12.1 Å². The predicted molar refractivity (Wildman–Crippen MR) is 125 cm³/mol. The van der Waals surface area contributed by atoms with E-state index in [1.807, 2.05) is 38.4 Å². The van der Waals surface area contributed by atoms with Crippen LogP contribution in [0.25, 0.3) is 5.57 Å². The van der Waals surface area contributed by atoms with Crippen molar-refractivity contribution in [1.82, 2.24) is 4.90 Å². The maximum atomic E-state index is 9.78. The lowest BCUT2D eigenvalue weighted by molar-refractivity contribution is 0.261. The van der Waals surface area contributed by atoms with Crippen molar-refractivity contribution in [2.24, 2.45) is 0 Å². The van der Waals surface area contributed by atoms with E-state index >= 15 is 0 Å². The van der Waals surface area contributed by atoms with Crippen LogP contribution in [-0.4, -0.2) is 37.3 Å². The van der Waals surface area contributed by atoms with Crippen LogP contribution in [0.2, 0.25) is 0 Å². The summed E-state index contributed by atoms with van der Waals surface area (Å²) in [4.78, 5) is 2.11. The molecule has 1 unspecified atom stereocenters. The second-order valence-electron chi connectivity index (χ2n) is 7.86. The second-order valence-corrected chi connectivity index (χ2v) is 7.86. The Balaban J connectivity index is 1.95. The summed E-state index contributed by atoms with van der Waals surface area (Å²) in [6.07, 6.45) is 2.18. The van der Waals surface area contributed by atoms with Crippen LogP contribution in [0.3, 0.4) is 0 Å². The lowest BCUT2D eigenvalue weighted by Gasteiger charge is -2.23. The van der Waals surface area contributed by atoms with Gasteiger partial charge in [0, 0.05) is 12.5 Å². The molecule has 0 spiro atoms. The van der Waals surface area contributed by atoms with Crippen LogP contribution >= 0.6 is 0 Å². The molecular weight excluding hydrogens is 370 g/mol. The summed E-state index contributed by atoms with van der Waals surface area (Å²) in [5.74, 6) is 1.22. The lowest BCUT2D eigenvalue weighted by atomic mass is 9.81. The molecule has 0 saturated carbocycles. The van der Waals surface area contributed by atoms with Crippen molar-refractivity contribution in [2.75, 3.05) is 27.2 Å². The maximum absolute atomic E-state index is 9.78. The Morgan fingerprint density at radius 1 is 0.900 bits per heavy atom. The van der Waals surface area contributed by atoms with Crippen molar-refractivity contribution in [3.8, 4) is 11.5 Å². The SMILES string of the molecule is C/C=C(\c1ccc(C)cc1)C(c1ccc(O)cc1)c1ccc(OCCN(C)C)cc1. The third-order valence-corrected chi connectivity index (χ3v) is 5.25. The number of phenolic OH excluding ortho intramolecular Hbond substituents is 1. The van der Waals surface area contributed by atoms with Crippen LogP contribution in [0.4, 0.5) is 0 Å². The van der Waals surface area contributed by atoms with Gasteiger partial charge in [-0.15, -0.1) is 0 Å². The Hall–Kier alpha value is -3.04. The van der Waals surface area contributed by atoms with Gasteiger partial charge in [0.1, 0.15) is 18.1 Å². The van der Waals surface area contributed by atoms with Gasteiger partial charge in [0.05, 0.1) is 0 Å². The van der Waals surface area contributed by atoms with Gasteiger partial charge < -0.3 is 14.7 Å². The number of ether oxygens (including phenoxy) is 1. The lowest BCUT2D eigenvalue weighted by Crippen LogP contribution is -2.19. The van der Waals surface area contributed by atoms with E-state index in [2.05, 4.69) is 61.2 Å². The zero-order valence-corrected chi connectivity index (χ0v) is 18.3. The molecule has 3 aromatic rings. The van der Waals surface area contributed by atoms with E-state index in [9.17, 15) is 5.11 Å². The Labute approximate surface area is 180 Å². The minimum atomic E-state index is 0.0640. The van der Waals surface area contributed by atoms with Crippen molar-refractivity contribution in [2.45, 2.75) is 19.8 Å². The van der Waals surface area contributed by atoms with Gasteiger partial charge in [0.2, 0.25) is 0 Å². The first-order valence-corrected chi connectivity index (χ1v) is 10.4. The Kier molecular flexibility index (Phi) is 7.31. The fourth-order valence-electron chi connectivity index (χ4n) is 3.57. The molecule has 0 aliphatic carbocycles. The summed E-state index contributed by atoms with van der Waals surface area (Å²) in [5.41, 5.74) is 6.01. The number of allylic oxidation sites excluding steroid dienone is 2. The zero-order chi connectivity index (χ0) is 21.5. The van der Waals surface area contributed by atoms with E-state index in [-0.39, 0.29) is 11.7 Å². The highest BCUT2D eigenvalue weighted by Gasteiger charge is 2.20. The van der Waals surface area contributed by atoms with Crippen molar-refractivity contribution in [1.29, 1.82) is 0 Å². The van der Waals surface area contributed by atoms with Gasteiger partial charge in [-0.1, -0.05) is 60.2 Å². The van der Waals surface area contributed by atoms with Crippen LogP contribution in [-0.2, 0) is 0 Å². The minimum absolute atomic E-state index is 0.0640. The molecule has 0 radical (unpaired) electrons. The van der Waals surface area contributed by atoms with E-state index < -0.39 is 0 Å². The monoisotopic (exact) mass is 401 g/mol. The number of hydrogen-bond acceptors (Lipinski definition) is 3. The van der Waals surface area contributed by atoms with E-state index in [0.29, 0.717) is 6.61 Å². The summed E-state index contributed by atoms with van der Waals surface area (Å²) in [7, 11) is 4.08. The quantitative estimate of drug-likeness (QED) is 0.512. The van der Waals surface area contributed by atoms with Crippen LogP contribution in [0.15, 0.2) is 78.9 Å². The largest absolute Gasteiger partial charge is 0.508 e. The highest BCUT2D eigenvalue weighted by Crippen LogP contribution is 2.39. The van der Waals surface area contributed by atoms with Crippen LogP contribution < -0.4 is 4.74 Å². The average Bonchev–Trinajstić information content (AvgIpc) is 2.74. The molecule has 3 nitrogen and oxygen atoms in total. The summed E-state index contributed by atoms with van der Waals surface area (Å²) in [6.45, 7) is 5.73. The molecule has 3 heteroatoms. The highest BCUT2D eigenvalue weighted by molar-refractivity contribution is 5.75. The molecule has 0 fully saturated rings. The zero-order valence-electron chi connectivity index (χ0n) is 18.3. The van der Waals surface area contributed by atoms with Gasteiger partial charge in [0.15, 0.2) is 0 Å². The molecule has 30 heavy (non-hydrogen) atoms. The number of hydrogen-bond donors (Lipinski definition) is 1. The molecule has 156 valence electrons. The third kappa shape index (κ3) is 5.52. The summed E-state index contributed by atoms with van der Waals surface area (Å²) in [5, 5.41) is 9.78. The molecule has 3 aromatic carbocycles. The van der Waals surface area contributed by atoms with Gasteiger partial charge in [0.25, 0.3) is 0 Å². The highest BCUT2D eigenvalue weighted by atomic mass is 16.5. The summed E-state index contributed by atoms with van der Waals surface area (Å²) in [6, 6.07) is 24.5. The number of rotatable bonds is 8. The van der Waals surface area contributed by atoms with Crippen molar-refractivity contribution in [3.05, 3.63) is 101 Å². The number of nitrogens with zero attached hydrogens (tertiary/aromatic N) is 1. The molecule has 3 rings (SSSR count). The molecule has 0 aliphatic rings. The molecule has 0 heterocycles. The van der Waals surface area contributed by atoms with Gasteiger partial charge in [-0.2, -0.15) is 0 Å². The fraction of sp³-hybridized carbons (Fsp3) is 0.259. The normalized spacial score (nSPS) is 12.8. The first-order chi connectivity index (χ1) is 14.5. The van der Waals surface area contributed by atoms with Gasteiger partial charge in [-0.05, 0) is 74.5 Å². The molecule has 0 amide bonds. The fourth-order valence-corrected chi connectivity index (χ4v) is 3.57. The van der Waals surface area contributed by atoms with Crippen LogP contribution in [0.5, 0.6) is 11.5 Å². The summed E-state index contributed by atoms with van der Waals surface area (Å²) < 4.78 is 5.87. The van der Waals surface area contributed by atoms with Gasteiger partial charge >= 0.3 is 0 Å². The first-order valence-electron chi connectivity index (χ1n) is 10.4. The minimum Gasteiger partial charge on any atom is -0.508 e. The number of likely N-dealkylation sites (N-methyl/N-ethyl adjacent to an activating group) is 1. The third-order valence-electron chi connectivity index (χ3n) is 5.25. The second kappa shape index (κ2) is 10.1. The number of phenols is 1. The molecule has 0 bridgehead atoms. The number of aryl methyl sites for hydroxylation is 1. The smallest absolute Gasteiger partial charge is 0.119 e. The Morgan fingerprint density at radius 3 is 2.00 bits per heavy atom. The Bertz CT molecular complexity index is 955. The number of benzene rings is 3. The molecular formula is C27H31NO2. The van der Waals surface area contributed by atoms with Gasteiger partial charge in [-0.3, -0.25) is 0 Å². The summed E-state index contributed by atoms with van der Waals surface area (Å²) >= 11 is 0. The molecule has 0 aliphatic heterocycles. The molecule has 0 saturated heterocycles. The molecule has 0 aromatic heterocycles. The van der Waals surface area contributed by atoms with Gasteiger partial charge in [-0.25, -0.2) is 0 Å². The molecule has 1 atom stereocenters. The van der Waals surface area contributed by atoms with Crippen molar-refractivity contribution < 1.29 is 9.84 Å².